The standard InChI is InChI=1S/C10H21NO/c1-9(2)12-10(3)8-11-6-4-5-7-11/h9-10H,4-8H2,1-3H3/t10-/m1/s1. The lowest BCUT2D eigenvalue weighted by molar-refractivity contribution is 0.00233. The molecule has 0 aliphatic carbocycles. The number of nitrogens with zero attached hydrogens (tertiary/aromatic N) is 1. The Morgan fingerprint density at radius 1 is 1.17 bits per heavy atom. The molecule has 0 aromatic heterocycles. The van der Waals surface area contributed by atoms with E-state index in [1.807, 2.05) is 0 Å². The summed E-state index contributed by atoms with van der Waals surface area (Å²) in [5, 5.41) is 0. The molecule has 12 heavy (non-hydrogen) atoms. The van der Waals surface area contributed by atoms with E-state index in [0.717, 1.165) is 6.54 Å². The molecule has 2 nitrogen and oxygen atoms in total. The fourth-order valence-corrected chi connectivity index (χ4v) is 1.84. The molecule has 1 aliphatic heterocycles. The molecule has 0 radical (unpaired) electrons. The van der Waals surface area contributed by atoms with Crippen molar-refractivity contribution < 1.29 is 4.74 Å². The van der Waals surface area contributed by atoms with Gasteiger partial charge in [-0.2, -0.15) is 0 Å². The Morgan fingerprint density at radius 2 is 1.75 bits per heavy atom. The number of likely N-dealkylation sites (tertiary alicyclic amines) is 1. The maximum atomic E-state index is 5.67. The maximum Gasteiger partial charge on any atom is 0.0677 e. The van der Waals surface area contributed by atoms with E-state index in [0.29, 0.717) is 12.2 Å². The van der Waals surface area contributed by atoms with Crippen LogP contribution < -0.4 is 0 Å². The lowest BCUT2D eigenvalue weighted by Crippen LogP contribution is -2.31. The van der Waals surface area contributed by atoms with Crippen molar-refractivity contribution in [3.05, 3.63) is 0 Å². The molecule has 0 aromatic rings. The van der Waals surface area contributed by atoms with E-state index in [1.165, 1.54) is 25.9 Å². The summed E-state index contributed by atoms with van der Waals surface area (Å²) in [7, 11) is 0. The molecular weight excluding hydrogens is 150 g/mol. The summed E-state index contributed by atoms with van der Waals surface area (Å²) in [6, 6.07) is 0. The second-order valence-electron chi connectivity index (χ2n) is 4.00. The SMILES string of the molecule is CC(C)O[C@H](C)CN1CCCC1. The van der Waals surface area contributed by atoms with Crippen LogP contribution in [0, 0.1) is 0 Å². The van der Waals surface area contributed by atoms with E-state index in [9.17, 15) is 0 Å². The fourth-order valence-electron chi connectivity index (χ4n) is 1.84. The highest BCUT2D eigenvalue weighted by Crippen LogP contribution is 2.09. The first kappa shape index (κ1) is 10.0. The van der Waals surface area contributed by atoms with Crippen LogP contribution in [0.25, 0.3) is 0 Å². The minimum Gasteiger partial charge on any atom is -0.375 e. The van der Waals surface area contributed by atoms with Crippen LogP contribution in [0.5, 0.6) is 0 Å². The number of hydrogen-bond acceptors (Lipinski definition) is 2. The van der Waals surface area contributed by atoms with Crippen LogP contribution in [0.4, 0.5) is 0 Å². The van der Waals surface area contributed by atoms with Crippen LogP contribution in [0.1, 0.15) is 33.6 Å². The van der Waals surface area contributed by atoms with Crippen LogP contribution in [-0.4, -0.2) is 36.7 Å². The Hall–Kier alpha value is -0.0800. The first-order valence-corrected chi connectivity index (χ1v) is 5.06. The average molecular weight is 171 g/mol. The van der Waals surface area contributed by atoms with Crippen molar-refractivity contribution in [2.45, 2.75) is 45.8 Å². The summed E-state index contributed by atoms with van der Waals surface area (Å²) in [5.41, 5.74) is 0. The summed E-state index contributed by atoms with van der Waals surface area (Å²) in [6.07, 6.45) is 3.49. The number of hydrogen-bond donors (Lipinski definition) is 0. The predicted octanol–water partition coefficient (Wildman–Crippen LogP) is 1.90. The van der Waals surface area contributed by atoms with Gasteiger partial charge in [0.1, 0.15) is 0 Å². The first-order chi connectivity index (χ1) is 5.68. The highest BCUT2D eigenvalue weighted by molar-refractivity contribution is 4.68. The van der Waals surface area contributed by atoms with Gasteiger partial charge in [0.15, 0.2) is 0 Å². The van der Waals surface area contributed by atoms with Gasteiger partial charge in [-0.1, -0.05) is 0 Å². The van der Waals surface area contributed by atoms with E-state index in [-0.39, 0.29) is 0 Å². The quantitative estimate of drug-likeness (QED) is 0.640. The Morgan fingerprint density at radius 3 is 2.25 bits per heavy atom. The van der Waals surface area contributed by atoms with Crippen LogP contribution in [0.3, 0.4) is 0 Å². The predicted molar refractivity (Wildman–Crippen MR) is 51.4 cm³/mol. The van der Waals surface area contributed by atoms with Gasteiger partial charge in [-0.05, 0) is 46.7 Å². The van der Waals surface area contributed by atoms with Crippen LogP contribution in [0.15, 0.2) is 0 Å². The lowest BCUT2D eigenvalue weighted by Gasteiger charge is -2.22. The molecule has 0 amide bonds. The molecule has 0 saturated carbocycles. The minimum absolute atomic E-state index is 0.364. The van der Waals surface area contributed by atoms with Crippen LogP contribution in [0.2, 0.25) is 0 Å². The Balaban J connectivity index is 2.11. The fraction of sp³-hybridized carbons (Fsp3) is 1.00. The van der Waals surface area contributed by atoms with E-state index >= 15 is 0 Å². The molecule has 1 heterocycles. The number of ether oxygens (including phenoxy) is 1. The molecule has 2 heteroatoms. The molecule has 1 atom stereocenters. The molecular formula is C10H21NO. The van der Waals surface area contributed by atoms with Crippen molar-refractivity contribution in [2.75, 3.05) is 19.6 Å². The van der Waals surface area contributed by atoms with Crippen molar-refractivity contribution in [1.29, 1.82) is 0 Å². The highest BCUT2D eigenvalue weighted by atomic mass is 16.5. The average Bonchev–Trinajstić information content (AvgIpc) is 2.37. The largest absolute Gasteiger partial charge is 0.375 e. The zero-order valence-corrected chi connectivity index (χ0v) is 8.55. The van der Waals surface area contributed by atoms with Gasteiger partial charge in [0.25, 0.3) is 0 Å². The Labute approximate surface area is 75.9 Å². The molecule has 1 rings (SSSR count). The number of rotatable bonds is 4. The zero-order chi connectivity index (χ0) is 8.97. The molecule has 1 aliphatic rings. The summed E-state index contributed by atoms with van der Waals surface area (Å²) in [4.78, 5) is 2.49. The van der Waals surface area contributed by atoms with Crippen LogP contribution in [-0.2, 0) is 4.74 Å². The molecule has 0 spiro atoms. The lowest BCUT2D eigenvalue weighted by atomic mass is 10.3. The summed E-state index contributed by atoms with van der Waals surface area (Å²) in [5.74, 6) is 0. The summed E-state index contributed by atoms with van der Waals surface area (Å²) >= 11 is 0. The minimum atomic E-state index is 0.364. The van der Waals surface area contributed by atoms with Crippen molar-refractivity contribution in [2.24, 2.45) is 0 Å². The first-order valence-electron chi connectivity index (χ1n) is 5.06. The third-order valence-corrected chi connectivity index (χ3v) is 2.22. The zero-order valence-electron chi connectivity index (χ0n) is 8.55. The third kappa shape index (κ3) is 3.55. The van der Waals surface area contributed by atoms with Crippen LogP contribution >= 0.6 is 0 Å². The van der Waals surface area contributed by atoms with Gasteiger partial charge in [-0.25, -0.2) is 0 Å². The molecule has 0 N–H and O–H groups in total. The summed E-state index contributed by atoms with van der Waals surface area (Å²) < 4.78 is 5.67. The van der Waals surface area contributed by atoms with Crippen molar-refractivity contribution in [1.82, 2.24) is 4.90 Å². The second kappa shape index (κ2) is 4.83. The Bertz CT molecular complexity index is 119. The summed E-state index contributed by atoms with van der Waals surface area (Å²) in [6.45, 7) is 10.0. The van der Waals surface area contributed by atoms with E-state index in [4.69, 9.17) is 4.74 Å². The topological polar surface area (TPSA) is 12.5 Å². The van der Waals surface area contributed by atoms with Gasteiger partial charge in [0.05, 0.1) is 12.2 Å². The molecule has 72 valence electrons. The smallest absolute Gasteiger partial charge is 0.0677 e. The maximum absolute atomic E-state index is 5.67. The normalized spacial score (nSPS) is 22.0. The third-order valence-electron chi connectivity index (χ3n) is 2.22. The molecule has 1 saturated heterocycles. The molecule has 0 aromatic carbocycles. The molecule has 0 bridgehead atoms. The van der Waals surface area contributed by atoms with E-state index in [2.05, 4.69) is 25.7 Å². The van der Waals surface area contributed by atoms with E-state index < -0.39 is 0 Å². The van der Waals surface area contributed by atoms with Crippen molar-refractivity contribution in [3.8, 4) is 0 Å². The van der Waals surface area contributed by atoms with Gasteiger partial charge in [0.2, 0.25) is 0 Å². The van der Waals surface area contributed by atoms with Crippen molar-refractivity contribution >= 4 is 0 Å². The highest BCUT2D eigenvalue weighted by Gasteiger charge is 2.15. The van der Waals surface area contributed by atoms with Gasteiger partial charge in [-0.3, -0.25) is 0 Å². The van der Waals surface area contributed by atoms with Gasteiger partial charge >= 0.3 is 0 Å². The molecule has 0 unspecified atom stereocenters. The van der Waals surface area contributed by atoms with Crippen molar-refractivity contribution in [3.63, 3.8) is 0 Å². The monoisotopic (exact) mass is 171 g/mol. The van der Waals surface area contributed by atoms with Gasteiger partial charge in [-0.15, -0.1) is 0 Å². The van der Waals surface area contributed by atoms with E-state index in [1.54, 1.807) is 0 Å². The Kier molecular flexibility index (Phi) is 4.02. The molecule has 1 fully saturated rings. The van der Waals surface area contributed by atoms with Gasteiger partial charge in [0, 0.05) is 6.54 Å². The second-order valence-corrected chi connectivity index (χ2v) is 4.00. The van der Waals surface area contributed by atoms with Gasteiger partial charge < -0.3 is 9.64 Å².